The number of amides is 4. The van der Waals surface area contributed by atoms with Gasteiger partial charge in [-0.2, -0.15) is 5.10 Å². The largest absolute Gasteiger partial charge is 0.573 e. The highest BCUT2D eigenvalue weighted by Gasteiger charge is 2.38. The van der Waals surface area contributed by atoms with Crippen LogP contribution in [0.1, 0.15) is 87.0 Å². The van der Waals surface area contributed by atoms with Crippen molar-refractivity contribution in [2.24, 2.45) is 5.41 Å². The number of para-hydroxylation sites is 1. The minimum absolute atomic E-state index is 0.0817. The van der Waals surface area contributed by atoms with Crippen LogP contribution in [0.5, 0.6) is 11.5 Å². The van der Waals surface area contributed by atoms with Gasteiger partial charge < -0.3 is 34.4 Å². The number of halogens is 3. The van der Waals surface area contributed by atoms with Crippen molar-refractivity contribution < 1.29 is 41.8 Å². The van der Waals surface area contributed by atoms with Crippen LogP contribution in [-0.2, 0) is 14.4 Å². The first-order valence-corrected chi connectivity index (χ1v) is 21.6. The van der Waals surface area contributed by atoms with E-state index in [1.807, 2.05) is 35.0 Å². The zero-order valence-corrected chi connectivity index (χ0v) is 36.2. The van der Waals surface area contributed by atoms with Crippen molar-refractivity contribution in [2.75, 3.05) is 74.4 Å². The summed E-state index contributed by atoms with van der Waals surface area (Å²) in [7, 11) is 7.30. The number of hydrogen-bond donors (Lipinski definition) is 2. The molecule has 4 amide bonds. The molecule has 18 heteroatoms. The van der Waals surface area contributed by atoms with E-state index in [1.54, 1.807) is 24.1 Å². The van der Waals surface area contributed by atoms with Crippen LogP contribution in [0.2, 0.25) is 0 Å². The van der Waals surface area contributed by atoms with Crippen molar-refractivity contribution in [3.05, 3.63) is 60.6 Å². The van der Waals surface area contributed by atoms with E-state index >= 15 is 0 Å². The molecule has 1 atom stereocenters. The number of nitrogens with zero attached hydrogens (tertiary/aromatic N) is 7. The second kappa shape index (κ2) is 19.2. The lowest BCUT2D eigenvalue weighted by molar-refractivity contribution is -0.274. The zero-order chi connectivity index (χ0) is 44.9. The van der Waals surface area contributed by atoms with Crippen LogP contribution in [0.25, 0.3) is 10.9 Å². The van der Waals surface area contributed by atoms with Gasteiger partial charge in [0.05, 0.1) is 53.2 Å². The first-order chi connectivity index (χ1) is 30.2. The van der Waals surface area contributed by atoms with Gasteiger partial charge in [-0.05, 0) is 94.8 Å². The number of methoxy groups -OCH3 is 1. The van der Waals surface area contributed by atoms with E-state index in [0.29, 0.717) is 35.7 Å². The van der Waals surface area contributed by atoms with Gasteiger partial charge in [0, 0.05) is 57.5 Å². The van der Waals surface area contributed by atoms with E-state index in [1.165, 1.54) is 52.3 Å². The maximum atomic E-state index is 12.6. The fourth-order valence-corrected chi connectivity index (χ4v) is 9.31. The predicted octanol–water partition coefficient (Wildman–Crippen LogP) is 6.93. The van der Waals surface area contributed by atoms with Gasteiger partial charge in [0.1, 0.15) is 17.5 Å². The Morgan fingerprint density at radius 1 is 0.984 bits per heavy atom. The molecule has 3 saturated heterocycles. The Kier molecular flexibility index (Phi) is 13.8. The molecule has 1 aliphatic carbocycles. The number of benzene rings is 2. The Morgan fingerprint density at radius 3 is 2.37 bits per heavy atom. The monoisotopic (exact) mass is 875 g/mol. The molecular weight excluding hydrogens is 820 g/mol. The third kappa shape index (κ3) is 10.7. The van der Waals surface area contributed by atoms with Gasteiger partial charge in [-0.15, -0.1) is 13.2 Å². The van der Waals surface area contributed by atoms with Crippen LogP contribution < -0.4 is 34.8 Å². The van der Waals surface area contributed by atoms with E-state index in [9.17, 15) is 32.3 Å². The van der Waals surface area contributed by atoms with Crippen LogP contribution in [0.15, 0.2) is 55.0 Å². The average molecular weight is 876 g/mol. The van der Waals surface area contributed by atoms with Crippen molar-refractivity contribution in [1.82, 2.24) is 25.0 Å². The topological polar surface area (TPSA) is 154 Å². The molecule has 2 aromatic carbocycles. The molecule has 4 aliphatic rings. The van der Waals surface area contributed by atoms with Crippen LogP contribution in [0, 0.1) is 5.41 Å². The van der Waals surface area contributed by atoms with Crippen LogP contribution in [0.3, 0.4) is 0 Å². The van der Waals surface area contributed by atoms with Crippen molar-refractivity contribution >= 4 is 57.8 Å². The second-order valence-electron chi connectivity index (χ2n) is 17.2. The standard InChI is InChI=1S/C24H35N5O3.C21H21F3N4O3/c1-26-13-9-24(10-14-26)11-15-29(16-12-24)19-6-4-5-18(22(19)27(2)17-30)28(3)20-7-8-21(31)25-23(20)32;1-30-19-9-17-14(12-28(27-17)15-5-3-2-4-6-15)8-18(19)26-20(29)13-7-16(11-25-10-13)31-21(22,23)24/h4-6,17,20H,7-16H2,1-3H3,(H,25,31,32);7-12,15H,2-6H2,1H3,(H,26,29). The Balaban J connectivity index is 0.000000189. The number of piperidine rings is 3. The number of nitrogens with one attached hydrogen (secondary N) is 2. The highest BCUT2D eigenvalue weighted by Crippen LogP contribution is 2.45. The van der Waals surface area contributed by atoms with Crippen LogP contribution in [-0.4, -0.2) is 111 Å². The normalized spacial score (nSPS) is 19.5. The summed E-state index contributed by atoms with van der Waals surface area (Å²) in [6.45, 7) is 4.28. The van der Waals surface area contributed by atoms with Crippen molar-refractivity contribution in [3.8, 4) is 11.5 Å². The second-order valence-corrected chi connectivity index (χ2v) is 17.2. The third-order valence-electron chi connectivity index (χ3n) is 13.0. The number of fused-ring (bicyclic) bond motifs is 1. The van der Waals surface area contributed by atoms with E-state index in [-0.39, 0.29) is 17.4 Å². The number of pyridine rings is 1. The molecule has 8 rings (SSSR count). The lowest BCUT2D eigenvalue weighted by Crippen LogP contribution is -2.51. The predicted molar refractivity (Wildman–Crippen MR) is 233 cm³/mol. The first kappa shape index (κ1) is 45.1. The molecule has 4 aromatic rings. The number of imide groups is 1. The summed E-state index contributed by atoms with van der Waals surface area (Å²) in [6.07, 6.45) is 11.3. The summed E-state index contributed by atoms with van der Waals surface area (Å²) >= 11 is 0. The molecule has 338 valence electrons. The molecule has 15 nitrogen and oxygen atoms in total. The highest BCUT2D eigenvalue weighted by atomic mass is 19.4. The number of likely N-dealkylation sites (tertiary alicyclic amines) is 1. The number of likely N-dealkylation sites (N-methyl/N-ethyl adjacent to an activating group) is 1. The Morgan fingerprint density at radius 2 is 1.70 bits per heavy atom. The number of alkyl halides is 3. The zero-order valence-electron chi connectivity index (χ0n) is 36.2. The fraction of sp³-hybridized carbons (Fsp3) is 0.511. The quantitative estimate of drug-likeness (QED) is 0.126. The molecule has 1 unspecified atom stereocenters. The summed E-state index contributed by atoms with van der Waals surface area (Å²) in [5.74, 6) is -1.33. The first-order valence-electron chi connectivity index (χ1n) is 21.6. The highest BCUT2D eigenvalue weighted by molar-refractivity contribution is 6.06. The number of rotatable bonds is 10. The van der Waals surface area contributed by atoms with Gasteiger partial charge in [-0.1, -0.05) is 25.3 Å². The molecule has 5 heterocycles. The SMILES string of the molecule is CN1CCC2(CC1)CCN(c1cccc(N(C)C3CCC(=O)NC3=O)c1N(C)C=O)CC2.COc1cc2nn(C3CCCCC3)cc2cc1NC(=O)c1cncc(OC(F)(F)F)c1. The van der Waals surface area contributed by atoms with Crippen LogP contribution >= 0.6 is 0 Å². The van der Waals surface area contributed by atoms with E-state index in [0.717, 1.165) is 91.6 Å². The van der Waals surface area contributed by atoms with Crippen LogP contribution in [0.4, 0.5) is 35.9 Å². The number of aromatic nitrogens is 3. The van der Waals surface area contributed by atoms with Crippen molar-refractivity contribution in [3.63, 3.8) is 0 Å². The summed E-state index contributed by atoms with van der Waals surface area (Å²) in [6, 6.07) is 10.4. The number of anilines is 4. The van der Waals surface area contributed by atoms with Crippen molar-refractivity contribution in [2.45, 2.75) is 89.1 Å². The number of hydrogen-bond acceptors (Lipinski definition) is 11. The Hall–Kier alpha value is -5.91. The fourth-order valence-electron chi connectivity index (χ4n) is 9.31. The van der Waals surface area contributed by atoms with E-state index in [4.69, 9.17) is 4.74 Å². The van der Waals surface area contributed by atoms with E-state index in [2.05, 4.69) is 48.4 Å². The lowest BCUT2D eigenvalue weighted by atomic mass is 9.71. The molecule has 0 radical (unpaired) electrons. The van der Waals surface area contributed by atoms with E-state index < -0.39 is 24.1 Å². The maximum absolute atomic E-state index is 12.6. The van der Waals surface area contributed by atoms with Gasteiger partial charge in [0.25, 0.3) is 5.91 Å². The molecule has 0 bridgehead atoms. The van der Waals surface area contributed by atoms with Gasteiger partial charge >= 0.3 is 6.36 Å². The molecule has 2 aromatic heterocycles. The van der Waals surface area contributed by atoms with Gasteiger partial charge in [-0.3, -0.25) is 34.2 Å². The van der Waals surface area contributed by atoms with Gasteiger partial charge in [0.2, 0.25) is 18.2 Å². The minimum atomic E-state index is -4.87. The third-order valence-corrected chi connectivity index (χ3v) is 13.0. The van der Waals surface area contributed by atoms with Crippen molar-refractivity contribution in [1.29, 1.82) is 0 Å². The number of ether oxygens (including phenoxy) is 2. The smallest absolute Gasteiger partial charge is 0.494 e. The summed E-state index contributed by atoms with van der Waals surface area (Å²) in [4.78, 5) is 60.5. The molecular formula is C45H56F3N9O6. The van der Waals surface area contributed by atoms with Gasteiger partial charge in [-0.25, -0.2) is 0 Å². The Labute approximate surface area is 364 Å². The molecule has 1 saturated carbocycles. The average Bonchev–Trinajstić information content (AvgIpc) is 3.70. The molecule has 3 aliphatic heterocycles. The molecule has 2 N–H and O–H groups in total. The number of carbonyl (C=O) groups is 4. The molecule has 63 heavy (non-hydrogen) atoms. The molecule has 4 fully saturated rings. The lowest BCUT2D eigenvalue weighted by Gasteiger charge is -2.47. The van der Waals surface area contributed by atoms with Gasteiger partial charge in [0.15, 0.2) is 0 Å². The number of carbonyl (C=O) groups excluding carboxylic acids is 4. The minimum Gasteiger partial charge on any atom is -0.494 e. The Bertz CT molecular complexity index is 2280. The summed E-state index contributed by atoms with van der Waals surface area (Å²) in [5.41, 5.74) is 4.15. The maximum Gasteiger partial charge on any atom is 0.573 e. The molecule has 1 spiro atoms. The summed E-state index contributed by atoms with van der Waals surface area (Å²) in [5, 5.41) is 10.6. The summed E-state index contributed by atoms with van der Waals surface area (Å²) < 4.78 is 48.5.